The van der Waals surface area contributed by atoms with Gasteiger partial charge in [-0.25, -0.2) is 0 Å². The Balaban J connectivity index is 1.85. The third kappa shape index (κ3) is 4.05. The minimum absolute atomic E-state index is 0.146. The van der Waals surface area contributed by atoms with Crippen molar-refractivity contribution in [3.63, 3.8) is 0 Å². The summed E-state index contributed by atoms with van der Waals surface area (Å²) in [5.74, 6) is -0.146. The molecular formula is C16H23NO3. The van der Waals surface area contributed by atoms with Crippen LogP contribution < -0.4 is 5.32 Å². The summed E-state index contributed by atoms with van der Waals surface area (Å²) in [7, 11) is 0. The zero-order chi connectivity index (χ0) is 14.4. The van der Waals surface area contributed by atoms with Gasteiger partial charge in [-0.1, -0.05) is 25.5 Å². The fourth-order valence-electron chi connectivity index (χ4n) is 2.29. The second-order valence-corrected chi connectivity index (χ2v) is 5.51. The van der Waals surface area contributed by atoms with E-state index in [0.29, 0.717) is 25.2 Å². The summed E-state index contributed by atoms with van der Waals surface area (Å²) < 4.78 is 5.15. The first-order valence-electron chi connectivity index (χ1n) is 7.30. The third-order valence-corrected chi connectivity index (χ3v) is 3.70. The summed E-state index contributed by atoms with van der Waals surface area (Å²) in [5, 5.41) is 12.9. The van der Waals surface area contributed by atoms with E-state index in [4.69, 9.17) is 4.74 Å². The van der Waals surface area contributed by atoms with E-state index in [9.17, 15) is 9.90 Å². The van der Waals surface area contributed by atoms with Crippen molar-refractivity contribution >= 4 is 5.91 Å². The topological polar surface area (TPSA) is 58.6 Å². The standard InChI is InChI=1S/C16H23NO3/c1-2-3-4-13-5-7-14(8-6-13)15(18)17-11-16(19)9-10-20-12-16/h5-8,19H,2-4,9-12H2,1H3,(H,17,18). The van der Waals surface area contributed by atoms with Crippen LogP contribution in [0.2, 0.25) is 0 Å². The van der Waals surface area contributed by atoms with Crippen LogP contribution in [0.4, 0.5) is 0 Å². The smallest absolute Gasteiger partial charge is 0.251 e. The van der Waals surface area contributed by atoms with E-state index < -0.39 is 5.60 Å². The lowest BCUT2D eigenvalue weighted by Crippen LogP contribution is -2.43. The molecule has 4 heteroatoms. The number of amides is 1. The van der Waals surface area contributed by atoms with Crippen molar-refractivity contribution in [1.29, 1.82) is 0 Å². The van der Waals surface area contributed by atoms with Crippen molar-refractivity contribution in [3.05, 3.63) is 35.4 Å². The number of aryl methyl sites for hydroxylation is 1. The molecule has 1 aliphatic heterocycles. The number of rotatable bonds is 6. The van der Waals surface area contributed by atoms with Gasteiger partial charge in [-0.3, -0.25) is 4.79 Å². The maximum Gasteiger partial charge on any atom is 0.251 e. The van der Waals surface area contributed by atoms with Crippen molar-refractivity contribution in [2.75, 3.05) is 19.8 Å². The first-order chi connectivity index (χ1) is 9.63. The Bertz CT molecular complexity index is 436. The molecule has 0 bridgehead atoms. The summed E-state index contributed by atoms with van der Waals surface area (Å²) in [5.41, 5.74) is 0.982. The molecule has 1 aliphatic rings. The Morgan fingerprint density at radius 1 is 1.40 bits per heavy atom. The largest absolute Gasteiger partial charge is 0.386 e. The molecule has 1 unspecified atom stereocenters. The van der Waals surface area contributed by atoms with E-state index in [1.807, 2.05) is 24.3 Å². The van der Waals surface area contributed by atoms with Gasteiger partial charge < -0.3 is 15.2 Å². The van der Waals surface area contributed by atoms with Gasteiger partial charge in [0.05, 0.1) is 6.61 Å². The molecule has 0 aliphatic carbocycles. The van der Waals surface area contributed by atoms with Gasteiger partial charge >= 0.3 is 0 Å². The first kappa shape index (κ1) is 15.0. The third-order valence-electron chi connectivity index (χ3n) is 3.70. The van der Waals surface area contributed by atoms with E-state index in [1.165, 1.54) is 18.4 Å². The van der Waals surface area contributed by atoms with Crippen molar-refractivity contribution in [2.45, 2.75) is 38.2 Å². The Hall–Kier alpha value is -1.39. The van der Waals surface area contributed by atoms with E-state index >= 15 is 0 Å². The zero-order valence-corrected chi connectivity index (χ0v) is 12.0. The highest BCUT2D eigenvalue weighted by molar-refractivity contribution is 5.94. The molecule has 1 heterocycles. The van der Waals surface area contributed by atoms with Crippen LogP contribution >= 0.6 is 0 Å². The van der Waals surface area contributed by atoms with Crippen LogP contribution in [0, 0.1) is 0 Å². The SMILES string of the molecule is CCCCc1ccc(C(=O)NCC2(O)CCOC2)cc1. The van der Waals surface area contributed by atoms with Crippen molar-refractivity contribution in [3.8, 4) is 0 Å². The molecular weight excluding hydrogens is 254 g/mol. The number of hydrogen-bond donors (Lipinski definition) is 2. The van der Waals surface area contributed by atoms with Gasteiger partial charge in [0.15, 0.2) is 0 Å². The average molecular weight is 277 g/mol. The van der Waals surface area contributed by atoms with Crippen molar-refractivity contribution < 1.29 is 14.6 Å². The van der Waals surface area contributed by atoms with E-state index in [1.54, 1.807) is 0 Å². The second-order valence-electron chi connectivity index (χ2n) is 5.51. The summed E-state index contributed by atoms with van der Waals surface area (Å²) in [6.45, 7) is 3.25. The maximum atomic E-state index is 12.0. The fourth-order valence-corrected chi connectivity index (χ4v) is 2.29. The number of benzene rings is 1. The number of ether oxygens (including phenoxy) is 1. The molecule has 2 rings (SSSR count). The van der Waals surface area contributed by atoms with Gasteiger partial charge in [-0.2, -0.15) is 0 Å². The molecule has 1 aromatic carbocycles. The quantitative estimate of drug-likeness (QED) is 0.835. The normalized spacial score (nSPS) is 21.9. The van der Waals surface area contributed by atoms with Gasteiger partial charge in [-0.05, 0) is 30.5 Å². The second kappa shape index (κ2) is 6.86. The van der Waals surface area contributed by atoms with E-state index in [0.717, 1.165) is 6.42 Å². The Morgan fingerprint density at radius 3 is 2.75 bits per heavy atom. The molecule has 0 aromatic heterocycles. The number of carbonyl (C=O) groups excluding carboxylic acids is 1. The molecule has 1 aromatic rings. The fraction of sp³-hybridized carbons (Fsp3) is 0.562. The molecule has 0 saturated carbocycles. The lowest BCUT2D eigenvalue weighted by atomic mass is 10.0. The van der Waals surface area contributed by atoms with Gasteiger partial charge in [0.1, 0.15) is 5.60 Å². The van der Waals surface area contributed by atoms with Gasteiger partial charge in [0, 0.05) is 25.1 Å². The summed E-state index contributed by atoms with van der Waals surface area (Å²) in [6, 6.07) is 7.68. The lowest BCUT2D eigenvalue weighted by Gasteiger charge is -2.20. The molecule has 110 valence electrons. The maximum absolute atomic E-state index is 12.0. The number of nitrogens with one attached hydrogen (secondary N) is 1. The van der Waals surface area contributed by atoms with Crippen LogP contribution in [-0.2, 0) is 11.2 Å². The Labute approximate surface area is 120 Å². The molecule has 1 fully saturated rings. The highest BCUT2D eigenvalue weighted by Crippen LogP contribution is 2.17. The highest BCUT2D eigenvalue weighted by atomic mass is 16.5. The van der Waals surface area contributed by atoms with Crippen LogP contribution in [0.3, 0.4) is 0 Å². The molecule has 0 spiro atoms. The van der Waals surface area contributed by atoms with E-state index in [2.05, 4.69) is 12.2 Å². The highest BCUT2D eigenvalue weighted by Gasteiger charge is 2.32. The van der Waals surface area contributed by atoms with Crippen LogP contribution in [0.5, 0.6) is 0 Å². The van der Waals surface area contributed by atoms with Crippen LogP contribution in [-0.4, -0.2) is 36.4 Å². The Morgan fingerprint density at radius 2 is 2.15 bits per heavy atom. The summed E-state index contributed by atoms with van der Waals surface area (Å²) in [6.07, 6.45) is 3.96. The number of aliphatic hydroxyl groups is 1. The summed E-state index contributed by atoms with van der Waals surface area (Å²) in [4.78, 5) is 12.0. The molecule has 1 saturated heterocycles. The molecule has 20 heavy (non-hydrogen) atoms. The minimum Gasteiger partial charge on any atom is -0.386 e. The number of carbonyl (C=O) groups is 1. The monoisotopic (exact) mass is 277 g/mol. The minimum atomic E-state index is -0.906. The Kier molecular flexibility index (Phi) is 5.15. The molecule has 4 nitrogen and oxygen atoms in total. The predicted octanol–water partition coefficient (Wildman–Crippen LogP) is 1.91. The molecule has 1 amide bonds. The van der Waals surface area contributed by atoms with Crippen LogP contribution in [0.15, 0.2) is 24.3 Å². The van der Waals surface area contributed by atoms with Crippen LogP contribution in [0.25, 0.3) is 0 Å². The zero-order valence-electron chi connectivity index (χ0n) is 12.0. The number of hydrogen-bond acceptors (Lipinski definition) is 3. The molecule has 0 radical (unpaired) electrons. The molecule has 2 N–H and O–H groups in total. The number of unbranched alkanes of at least 4 members (excludes halogenated alkanes) is 1. The van der Waals surface area contributed by atoms with Gasteiger partial charge in [-0.15, -0.1) is 0 Å². The van der Waals surface area contributed by atoms with Crippen molar-refractivity contribution in [1.82, 2.24) is 5.32 Å². The predicted molar refractivity (Wildman–Crippen MR) is 77.8 cm³/mol. The van der Waals surface area contributed by atoms with Gasteiger partial charge in [0.2, 0.25) is 0 Å². The first-order valence-corrected chi connectivity index (χ1v) is 7.30. The van der Waals surface area contributed by atoms with E-state index in [-0.39, 0.29) is 12.5 Å². The van der Waals surface area contributed by atoms with Crippen LogP contribution in [0.1, 0.15) is 42.1 Å². The molecule has 1 atom stereocenters. The average Bonchev–Trinajstić information content (AvgIpc) is 2.90. The summed E-state index contributed by atoms with van der Waals surface area (Å²) >= 11 is 0. The van der Waals surface area contributed by atoms with Gasteiger partial charge in [0.25, 0.3) is 5.91 Å². The lowest BCUT2D eigenvalue weighted by molar-refractivity contribution is 0.0264. The van der Waals surface area contributed by atoms with Crippen molar-refractivity contribution in [2.24, 2.45) is 0 Å².